The highest BCUT2D eigenvalue weighted by Crippen LogP contribution is 2.34. The summed E-state index contributed by atoms with van der Waals surface area (Å²) in [5, 5.41) is 3.74. The third kappa shape index (κ3) is 1.32. The van der Waals surface area contributed by atoms with Crippen LogP contribution in [-0.2, 0) is 0 Å². The molecule has 14 heavy (non-hydrogen) atoms. The zero-order valence-corrected chi connectivity index (χ0v) is 9.23. The van der Waals surface area contributed by atoms with Gasteiger partial charge in [0, 0.05) is 10.4 Å². The van der Waals surface area contributed by atoms with E-state index in [4.69, 9.17) is 10.3 Å². The first kappa shape index (κ1) is 9.27. The Kier molecular flexibility index (Phi) is 2.07. The zero-order chi connectivity index (χ0) is 10.3. The molecule has 0 bridgehead atoms. The number of aromatic nitrogens is 1. The topological polar surface area (TPSA) is 52.0 Å². The number of hydrogen-bond donors (Lipinski definition) is 1. The van der Waals surface area contributed by atoms with Gasteiger partial charge in [-0.25, -0.2) is 0 Å². The molecule has 0 saturated heterocycles. The number of rotatable bonds is 1. The van der Waals surface area contributed by atoms with E-state index in [1.165, 1.54) is 10.4 Å². The van der Waals surface area contributed by atoms with Crippen molar-refractivity contribution in [3.05, 3.63) is 22.1 Å². The Morgan fingerprint density at radius 3 is 2.50 bits per heavy atom. The Morgan fingerprint density at radius 1 is 1.36 bits per heavy atom. The van der Waals surface area contributed by atoms with E-state index in [1.54, 1.807) is 11.3 Å². The van der Waals surface area contributed by atoms with E-state index in [2.05, 4.69) is 25.1 Å². The maximum atomic E-state index is 5.62. The maximum absolute atomic E-state index is 5.62. The summed E-state index contributed by atoms with van der Waals surface area (Å²) in [6.07, 6.45) is 0. The van der Waals surface area contributed by atoms with Gasteiger partial charge >= 0.3 is 0 Å². The Balaban J connectivity index is 2.54. The SMILES string of the molecule is Cc1cc(-c2onc(N)c2C)sc1C. The maximum Gasteiger partial charge on any atom is 0.181 e. The van der Waals surface area contributed by atoms with Crippen LogP contribution in [-0.4, -0.2) is 5.16 Å². The highest BCUT2D eigenvalue weighted by Gasteiger charge is 2.14. The Morgan fingerprint density at radius 2 is 2.07 bits per heavy atom. The van der Waals surface area contributed by atoms with Crippen molar-refractivity contribution in [2.45, 2.75) is 20.8 Å². The standard InChI is InChI=1S/C10H12N2OS/c1-5-4-8(14-7(5)3)9-6(2)10(11)12-13-9/h4H,1-3H3,(H2,11,12). The highest BCUT2D eigenvalue weighted by molar-refractivity contribution is 7.15. The normalized spacial score (nSPS) is 10.8. The van der Waals surface area contributed by atoms with Gasteiger partial charge in [-0.05, 0) is 32.4 Å². The van der Waals surface area contributed by atoms with E-state index in [1.807, 2.05) is 6.92 Å². The molecule has 2 heterocycles. The molecule has 3 nitrogen and oxygen atoms in total. The number of nitrogen functional groups attached to an aromatic ring is 1. The molecular formula is C10H12N2OS. The summed E-state index contributed by atoms with van der Waals surface area (Å²) in [6.45, 7) is 6.11. The minimum atomic E-state index is 0.476. The quantitative estimate of drug-likeness (QED) is 0.784. The molecule has 2 aromatic rings. The van der Waals surface area contributed by atoms with Crippen molar-refractivity contribution in [2.75, 3.05) is 5.73 Å². The van der Waals surface area contributed by atoms with Gasteiger partial charge in [-0.3, -0.25) is 0 Å². The first-order valence-corrected chi connectivity index (χ1v) is 5.20. The van der Waals surface area contributed by atoms with E-state index in [-0.39, 0.29) is 0 Å². The van der Waals surface area contributed by atoms with E-state index in [0.29, 0.717) is 5.82 Å². The van der Waals surface area contributed by atoms with Crippen molar-refractivity contribution >= 4 is 17.2 Å². The average molecular weight is 208 g/mol. The molecule has 0 atom stereocenters. The number of thiophene rings is 1. The summed E-state index contributed by atoms with van der Waals surface area (Å²) in [6, 6.07) is 2.10. The third-order valence-corrected chi connectivity index (χ3v) is 3.50. The second-order valence-electron chi connectivity index (χ2n) is 3.37. The number of nitrogens with two attached hydrogens (primary N) is 1. The summed E-state index contributed by atoms with van der Waals surface area (Å²) < 4.78 is 5.18. The predicted octanol–water partition coefficient (Wildman–Crippen LogP) is 2.91. The minimum absolute atomic E-state index is 0.476. The van der Waals surface area contributed by atoms with Crippen molar-refractivity contribution in [3.8, 4) is 10.6 Å². The molecule has 0 aliphatic carbocycles. The van der Waals surface area contributed by atoms with Crippen LogP contribution in [0.1, 0.15) is 16.0 Å². The molecule has 0 amide bonds. The molecule has 4 heteroatoms. The first-order chi connectivity index (χ1) is 6.59. The Bertz CT molecular complexity index is 451. The zero-order valence-electron chi connectivity index (χ0n) is 8.42. The fraction of sp³-hybridized carbons (Fsp3) is 0.300. The lowest BCUT2D eigenvalue weighted by Gasteiger charge is -1.90. The molecule has 0 radical (unpaired) electrons. The van der Waals surface area contributed by atoms with Crippen LogP contribution in [0.15, 0.2) is 10.6 Å². The molecule has 0 unspecified atom stereocenters. The number of anilines is 1. The lowest BCUT2D eigenvalue weighted by atomic mass is 10.2. The van der Waals surface area contributed by atoms with Gasteiger partial charge in [0.1, 0.15) is 0 Å². The average Bonchev–Trinajstić information content (AvgIpc) is 2.61. The molecule has 0 aliphatic rings. The van der Waals surface area contributed by atoms with Crippen LogP contribution in [0.2, 0.25) is 0 Å². The largest absolute Gasteiger partial charge is 0.381 e. The Labute approximate surface area is 86.5 Å². The molecule has 0 aliphatic heterocycles. The lowest BCUT2D eigenvalue weighted by molar-refractivity contribution is 0.436. The molecule has 0 aromatic carbocycles. The fourth-order valence-corrected chi connectivity index (χ4v) is 2.33. The van der Waals surface area contributed by atoms with E-state index >= 15 is 0 Å². The van der Waals surface area contributed by atoms with Gasteiger partial charge < -0.3 is 10.3 Å². The summed E-state index contributed by atoms with van der Waals surface area (Å²) in [5.41, 5.74) is 7.82. The summed E-state index contributed by atoms with van der Waals surface area (Å²) in [7, 11) is 0. The molecule has 74 valence electrons. The third-order valence-electron chi connectivity index (χ3n) is 2.35. The highest BCUT2D eigenvalue weighted by atomic mass is 32.1. The van der Waals surface area contributed by atoms with E-state index in [9.17, 15) is 0 Å². The predicted molar refractivity (Wildman–Crippen MR) is 58.4 cm³/mol. The Hall–Kier alpha value is -1.29. The fourth-order valence-electron chi connectivity index (χ4n) is 1.26. The van der Waals surface area contributed by atoms with Crippen LogP contribution in [0, 0.1) is 20.8 Å². The summed E-state index contributed by atoms with van der Waals surface area (Å²) in [4.78, 5) is 2.40. The molecule has 0 saturated carbocycles. The van der Waals surface area contributed by atoms with Gasteiger partial charge in [-0.1, -0.05) is 5.16 Å². The summed E-state index contributed by atoms with van der Waals surface area (Å²) >= 11 is 1.71. The van der Waals surface area contributed by atoms with Gasteiger partial charge in [0.05, 0.1) is 4.88 Å². The lowest BCUT2D eigenvalue weighted by Crippen LogP contribution is -1.85. The minimum Gasteiger partial charge on any atom is -0.381 e. The first-order valence-electron chi connectivity index (χ1n) is 4.38. The van der Waals surface area contributed by atoms with Crippen molar-refractivity contribution in [3.63, 3.8) is 0 Å². The number of aryl methyl sites for hydroxylation is 2. The molecule has 2 rings (SSSR count). The number of nitrogens with zero attached hydrogens (tertiary/aromatic N) is 1. The molecule has 0 fully saturated rings. The summed E-state index contributed by atoms with van der Waals surface area (Å²) in [5.74, 6) is 1.27. The second kappa shape index (κ2) is 3.13. The molecule has 2 aromatic heterocycles. The van der Waals surface area contributed by atoms with E-state index < -0.39 is 0 Å². The van der Waals surface area contributed by atoms with Gasteiger partial charge in [0.2, 0.25) is 0 Å². The smallest absolute Gasteiger partial charge is 0.181 e. The van der Waals surface area contributed by atoms with Crippen molar-refractivity contribution in [1.29, 1.82) is 0 Å². The van der Waals surface area contributed by atoms with Crippen LogP contribution < -0.4 is 5.73 Å². The molecular weight excluding hydrogens is 196 g/mol. The number of hydrogen-bond acceptors (Lipinski definition) is 4. The van der Waals surface area contributed by atoms with Gasteiger partial charge in [0.25, 0.3) is 0 Å². The second-order valence-corrected chi connectivity index (χ2v) is 4.63. The molecule has 2 N–H and O–H groups in total. The van der Waals surface area contributed by atoms with Crippen molar-refractivity contribution in [1.82, 2.24) is 5.16 Å². The van der Waals surface area contributed by atoms with Crippen LogP contribution in [0.5, 0.6) is 0 Å². The van der Waals surface area contributed by atoms with Crippen LogP contribution >= 0.6 is 11.3 Å². The van der Waals surface area contributed by atoms with Crippen LogP contribution in [0.4, 0.5) is 5.82 Å². The van der Waals surface area contributed by atoms with Crippen molar-refractivity contribution < 1.29 is 4.52 Å². The van der Waals surface area contributed by atoms with Gasteiger partial charge in [0.15, 0.2) is 11.6 Å². The monoisotopic (exact) mass is 208 g/mol. The van der Waals surface area contributed by atoms with Gasteiger partial charge in [-0.2, -0.15) is 0 Å². The van der Waals surface area contributed by atoms with Crippen LogP contribution in [0.3, 0.4) is 0 Å². The van der Waals surface area contributed by atoms with Gasteiger partial charge in [-0.15, -0.1) is 11.3 Å². The molecule has 0 spiro atoms. The van der Waals surface area contributed by atoms with Crippen molar-refractivity contribution in [2.24, 2.45) is 0 Å². The van der Waals surface area contributed by atoms with E-state index in [0.717, 1.165) is 16.2 Å². The van der Waals surface area contributed by atoms with Crippen LogP contribution in [0.25, 0.3) is 10.6 Å².